The normalized spacial score (nSPS) is 16.6. The van der Waals surface area contributed by atoms with Crippen molar-refractivity contribution in [3.05, 3.63) is 71.5 Å². The summed E-state index contributed by atoms with van der Waals surface area (Å²) in [5.41, 5.74) is 8.14. The van der Waals surface area contributed by atoms with Crippen LogP contribution >= 0.6 is 0 Å². The molecule has 1 fully saturated rings. The zero-order chi connectivity index (χ0) is 19.5. The highest BCUT2D eigenvalue weighted by atomic mass is 16.3. The van der Waals surface area contributed by atoms with Gasteiger partial charge in [0.2, 0.25) is 5.91 Å². The van der Waals surface area contributed by atoms with Crippen LogP contribution in [0.4, 0.5) is 0 Å². The quantitative estimate of drug-likeness (QED) is 0.506. The summed E-state index contributed by atoms with van der Waals surface area (Å²) in [6, 6.07) is 17.8. The molecule has 0 bridgehead atoms. The average molecular weight is 375 g/mol. The molecular formula is C23H25N3O2. The number of nitrogens with two attached hydrogens (primary N) is 1. The van der Waals surface area contributed by atoms with Gasteiger partial charge in [-0.25, -0.2) is 0 Å². The molecule has 4 rings (SSSR count). The van der Waals surface area contributed by atoms with Crippen molar-refractivity contribution in [3.63, 3.8) is 0 Å². The fraction of sp³-hybridized carbons (Fsp3) is 0.304. The smallest absolute Gasteiger partial charge is 0.227 e. The number of hydrogen-bond donors (Lipinski definition) is 2. The van der Waals surface area contributed by atoms with Gasteiger partial charge in [0.15, 0.2) is 0 Å². The molecule has 2 aromatic carbocycles. The molecule has 0 aliphatic carbocycles. The summed E-state index contributed by atoms with van der Waals surface area (Å²) in [7, 11) is 0. The number of carbonyl (C=O) groups excluding carboxylic acids is 1. The summed E-state index contributed by atoms with van der Waals surface area (Å²) in [4.78, 5) is 14.8. The van der Waals surface area contributed by atoms with Gasteiger partial charge in [0.1, 0.15) is 17.2 Å². The summed E-state index contributed by atoms with van der Waals surface area (Å²) in [5, 5.41) is 8.53. The van der Waals surface area contributed by atoms with Gasteiger partial charge >= 0.3 is 0 Å². The standard InChI is InChI=1S/C23H25N3O2/c24-23(25)17-8-11-21-18(14-17)15-20(28-21)10-9-19-7-4-12-26(19)22(27)13-16-5-2-1-3-6-16/h1-3,5-6,8,11,14-15,19H,4,7,9-10,12-13H2,(H3,24,25). The van der Waals surface area contributed by atoms with Crippen LogP contribution in [0.5, 0.6) is 0 Å². The Hall–Kier alpha value is -3.08. The number of nitrogens with one attached hydrogen (secondary N) is 1. The van der Waals surface area contributed by atoms with Crippen molar-refractivity contribution < 1.29 is 9.21 Å². The number of nitrogen functional groups attached to an aromatic ring is 1. The van der Waals surface area contributed by atoms with Crippen molar-refractivity contribution >= 4 is 22.7 Å². The van der Waals surface area contributed by atoms with Crippen molar-refractivity contribution in [2.45, 2.75) is 38.1 Å². The number of likely N-dealkylation sites (tertiary alicyclic amines) is 1. The second-order valence-electron chi connectivity index (χ2n) is 7.46. The number of nitrogens with zero attached hydrogens (tertiary/aromatic N) is 1. The Balaban J connectivity index is 1.40. The topological polar surface area (TPSA) is 83.3 Å². The molecule has 0 saturated carbocycles. The van der Waals surface area contributed by atoms with Crippen molar-refractivity contribution in [2.75, 3.05) is 6.54 Å². The summed E-state index contributed by atoms with van der Waals surface area (Å²) in [5.74, 6) is 1.19. The van der Waals surface area contributed by atoms with Crippen LogP contribution in [0.2, 0.25) is 0 Å². The minimum absolute atomic E-state index is 0.0585. The minimum Gasteiger partial charge on any atom is -0.461 e. The van der Waals surface area contributed by atoms with Gasteiger partial charge in [0.05, 0.1) is 6.42 Å². The Labute approximate surface area is 164 Å². The third-order valence-corrected chi connectivity index (χ3v) is 5.50. The Bertz CT molecular complexity index is 994. The van der Waals surface area contributed by atoms with Gasteiger partial charge in [-0.1, -0.05) is 30.3 Å². The van der Waals surface area contributed by atoms with E-state index in [9.17, 15) is 4.79 Å². The van der Waals surface area contributed by atoms with Crippen LogP contribution in [0.15, 0.2) is 59.0 Å². The molecule has 1 amide bonds. The zero-order valence-electron chi connectivity index (χ0n) is 15.9. The molecule has 1 aromatic heterocycles. The Morgan fingerprint density at radius 1 is 1.18 bits per heavy atom. The van der Waals surface area contributed by atoms with Crippen LogP contribution in [-0.4, -0.2) is 29.2 Å². The van der Waals surface area contributed by atoms with E-state index in [1.54, 1.807) is 6.07 Å². The molecule has 0 radical (unpaired) electrons. The first-order chi connectivity index (χ1) is 13.6. The second kappa shape index (κ2) is 7.89. The highest BCUT2D eigenvalue weighted by Crippen LogP contribution is 2.26. The van der Waals surface area contributed by atoms with Gasteiger partial charge in [-0.2, -0.15) is 0 Å². The maximum atomic E-state index is 12.7. The van der Waals surface area contributed by atoms with E-state index >= 15 is 0 Å². The number of amidine groups is 1. The van der Waals surface area contributed by atoms with Crippen molar-refractivity contribution in [1.82, 2.24) is 4.90 Å². The maximum Gasteiger partial charge on any atom is 0.227 e. The Morgan fingerprint density at radius 2 is 2.00 bits per heavy atom. The molecule has 5 nitrogen and oxygen atoms in total. The van der Waals surface area contributed by atoms with Gasteiger partial charge in [-0.05, 0) is 49.1 Å². The van der Waals surface area contributed by atoms with E-state index in [0.717, 1.165) is 54.5 Å². The predicted molar refractivity (Wildman–Crippen MR) is 110 cm³/mol. The molecule has 2 heterocycles. The molecule has 5 heteroatoms. The molecule has 0 spiro atoms. The van der Waals surface area contributed by atoms with Crippen LogP contribution in [0.1, 0.15) is 36.1 Å². The van der Waals surface area contributed by atoms with Crippen molar-refractivity contribution in [1.29, 1.82) is 5.41 Å². The number of rotatable bonds is 6. The number of benzene rings is 2. The first-order valence-electron chi connectivity index (χ1n) is 9.80. The lowest BCUT2D eigenvalue weighted by molar-refractivity contribution is -0.131. The molecule has 144 valence electrons. The van der Waals surface area contributed by atoms with E-state index in [1.165, 1.54) is 0 Å². The first kappa shape index (κ1) is 18.3. The average Bonchev–Trinajstić information content (AvgIpc) is 3.32. The fourth-order valence-corrected chi connectivity index (χ4v) is 4.03. The summed E-state index contributed by atoms with van der Waals surface area (Å²) in [6.45, 7) is 0.846. The molecule has 1 atom stereocenters. The second-order valence-corrected chi connectivity index (χ2v) is 7.46. The van der Waals surface area contributed by atoms with Crippen molar-refractivity contribution in [2.24, 2.45) is 5.73 Å². The molecule has 1 saturated heterocycles. The number of carbonyl (C=O) groups is 1. The molecular weight excluding hydrogens is 350 g/mol. The van der Waals surface area contributed by atoms with E-state index in [1.807, 2.05) is 53.4 Å². The lowest BCUT2D eigenvalue weighted by Crippen LogP contribution is -2.36. The first-order valence-corrected chi connectivity index (χ1v) is 9.80. The van der Waals surface area contributed by atoms with E-state index in [4.69, 9.17) is 15.6 Å². The van der Waals surface area contributed by atoms with E-state index in [2.05, 4.69) is 0 Å². The predicted octanol–water partition coefficient (Wildman–Crippen LogP) is 3.88. The molecule has 28 heavy (non-hydrogen) atoms. The third-order valence-electron chi connectivity index (χ3n) is 5.50. The van der Waals surface area contributed by atoms with Crippen LogP contribution in [-0.2, 0) is 17.6 Å². The van der Waals surface area contributed by atoms with Crippen LogP contribution in [0.25, 0.3) is 11.0 Å². The van der Waals surface area contributed by atoms with Crippen LogP contribution in [0.3, 0.4) is 0 Å². The van der Waals surface area contributed by atoms with Gasteiger partial charge in [-0.15, -0.1) is 0 Å². The number of furan rings is 1. The minimum atomic E-state index is 0.0585. The van der Waals surface area contributed by atoms with Crippen molar-refractivity contribution in [3.8, 4) is 0 Å². The summed E-state index contributed by atoms with van der Waals surface area (Å²) in [6.07, 6.45) is 4.28. The highest BCUT2D eigenvalue weighted by Gasteiger charge is 2.28. The fourth-order valence-electron chi connectivity index (χ4n) is 4.03. The molecule has 3 N–H and O–H groups in total. The van der Waals surface area contributed by atoms with Gasteiger partial charge in [0, 0.05) is 30.0 Å². The van der Waals surface area contributed by atoms with Gasteiger partial charge in [-0.3, -0.25) is 10.2 Å². The lowest BCUT2D eigenvalue weighted by atomic mass is 10.1. The largest absolute Gasteiger partial charge is 0.461 e. The molecule has 1 unspecified atom stereocenters. The van der Waals surface area contributed by atoms with Crippen LogP contribution < -0.4 is 5.73 Å². The van der Waals surface area contributed by atoms with E-state index < -0.39 is 0 Å². The van der Waals surface area contributed by atoms with Gasteiger partial charge < -0.3 is 15.1 Å². The SMILES string of the molecule is N=C(N)c1ccc2oc(CCC3CCCN3C(=O)Cc3ccccc3)cc2c1. The third kappa shape index (κ3) is 3.93. The summed E-state index contributed by atoms with van der Waals surface area (Å²) < 4.78 is 5.94. The van der Waals surface area contributed by atoms with Gasteiger partial charge in [0.25, 0.3) is 0 Å². The van der Waals surface area contributed by atoms with Crippen LogP contribution in [0, 0.1) is 5.41 Å². The molecule has 1 aliphatic rings. The Kier molecular flexibility index (Phi) is 5.15. The number of aryl methyl sites for hydroxylation is 1. The summed E-state index contributed by atoms with van der Waals surface area (Å²) >= 11 is 0. The maximum absolute atomic E-state index is 12.7. The van der Waals surface area contributed by atoms with E-state index in [-0.39, 0.29) is 17.8 Å². The number of fused-ring (bicyclic) bond motifs is 1. The lowest BCUT2D eigenvalue weighted by Gasteiger charge is -2.24. The monoisotopic (exact) mass is 375 g/mol. The molecule has 1 aliphatic heterocycles. The van der Waals surface area contributed by atoms with E-state index in [0.29, 0.717) is 12.0 Å². The molecule has 3 aromatic rings. The highest BCUT2D eigenvalue weighted by molar-refractivity contribution is 5.98. The Morgan fingerprint density at radius 3 is 2.79 bits per heavy atom. The number of amides is 1. The zero-order valence-corrected chi connectivity index (χ0v) is 15.9. The number of hydrogen-bond acceptors (Lipinski definition) is 3.